The molecular weight excluding hydrogens is 360 g/mol. The molecule has 0 saturated carbocycles. The highest BCUT2D eigenvalue weighted by atomic mass is 14.2. The molecule has 0 heteroatoms. The fourth-order valence-electron chi connectivity index (χ4n) is 4.35. The van der Waals surface area contributed by atoms with Gasteiger partial charge in [-0.15, -0.1) is 0 Å². The normalized spacial score (nSPS) is 11.0. The number of aryl methyl sites for hydroxylation is 2. The average molecular weight is 398 g/mol. The first-order valence-electron chi connectivity index (χ1n) is 12.0. The molecule has 0 fully saturated rings. The van der Waals surface area contributed by atoms with Crippen LogP contribution in [0.15, 0.2) is 66.7 Å². The van der Waals surface area contributed by atoms with Crippen LogP contribution in [0.1, 0.15) is 76.3 Å². The smallest absolute Gasteiger partial charge is 0.00237 e. The first kappa shape index (κ1) is 22.3. The quantitative estimate of drug-likeness (QED) is 0.267. The van der Waals surface area contributed by atoms with Crippen LogP contribution in [0.2, 0.25) is 0 Å². The molecule has 1 radical (unpaired) electrons. The molecule has 0 aromatic heterocycles. The van der Waals surface area contributed by atoms with Gasteiger partial charge in [0.2, 0.25) is 0 Å². The Labute approximate surface area is 184 Å². The predicted octanol–water partition coefficient (Wildman–Crippen LogP) is 9.07. The lowest BCUT2D eigenvalue weighted by Gasteiger charge is -2.16. The predicted molar refractivity (Wildman–Crippen MR) is 132 cm³/mol. The number of rotatable bonds is 12. The van der Waals surface area contributed by atoms with Crippen LogP contribution < -0.4 is 0 Å². The van der Waals surface area contributed by atoms with Gasteiger partial charge in [-0.3, -0.25) is 0 Å². The van der Waals surface area contributed by atoms with Gasteiger partial charge in [0, 0.05) is 0 Å². The summed E-state index contributed by atoms with van der Waals surface area (Å²) in [5, 5.41) is 0. The van der Waals surface area contributed by atoms with Gasteiger partial charge in [-0.2, -0.15) is 0 Å². The second-order valence-corrected chi connectivity index (χ2v) is 8.39. The summed E-state index contributed by atoms with van der Waals surface area (Å²) in [5.74, 6) is 0. The molecule has 30 heavy (non-hydrogen) atoms. The third-order valence-electron chi connectivity index (χ3n) is 6.05. The van der Waals surface area contributed by atoms with Crippen LogP contribution >= 0.6 is 0 Å². The molecule has 0 spiro atoms. The summed E-state index contributed by atoms with van der Waals surface area (Å²) in [5.41, 5.74) is 8.23. The zero-order valence-corrected chi connectivity index (χ0v) is 18.9. The largest absolute Gasteiger partial charge is 0.0654 e. The summed E-state index contributed by atoms with van der Waals surface area (Å²) in [6, 6.07) is 28.0. The summed E-state index contributed by atoms with van der Waals surface area (Å²) in [4.78, 5) is 0. The SMILES string of the molecule is CCCCCCc1ccccc1-c1[c]cccc1-c1ccccc1CCCCCC. The van der Waals surface area contributed by atoms with Crippen LogP contribution in [0.4, 0.5) is 0 Å². The van der Waals surface area contributed by atoms with E-state index in [0.29, 0.717) is 0 Å². The Bertz CT molecular complexity index is 815. The summed E-state index contributed by atoms with van der Waals surface area (Å²) in [6.45, 7) is 4.55. The van der Waals surface area contributed by atoms with Crippen molar-refractivity contribution < 1.29 is 0 Å². The maximum atomic E-state index is 3.60. The zero-order valence-electron chi connectivity index (χ0n) is 18.9. The standard InChI is InChI=1S/C30H37/c1-3-5-7-9-17-25-19-11-13-21-27(25)29-23-15-16-24-30(29)28-22-14-12-20-26(28)18-10-8-6-4-2/h11-16,19-23H,3-10,17-18H2,1-2H3. The molecular formula is C30H37. The van der Waals surface area contributed by atoms with Gasteiger partial charge in [0.05, 0.1) is 0 Å². The van der Waals surface area contributed by atoms with Gasteiger partial charge in [0.1, 0.15) is 0 Å². The molecule has 3 aromatic rings. The molecule has 0 saturated heterocycles. The van der Waals surface area contributed by atoms with Gasteiger partial charge in [0.15, 0.2) is 0 Å². The van der Waals surface area contributed by atoms with E-state index >= 15 is 0 Å². The second kappa shape index (κ2) is 12.4. The van der Waals surface area contributed by atoms with Gasteiger partial charge in [-0.1, -0.05) is 119 Å². The molecule has 3 rings (SSSR count). The van der Waals surface area contributed by atoms with E-state index in [0.717, 1.165) is 12.8 Å². The highest BCUT2D eigenvalue weighted by Crippen LogP contribution is 2.36. The minimum absolute atomic E-state index is 1.15. The average Bonchev–Trinajstić information content (AvgIpc) is 2.80. The third-order valence-corrected chi connectivity index (χ3v) is 6.05. The highest BCUT2D eigenvalue weighted by Gasteiger charge is 2.13. The van der Waals surface area contributed by atoms with Crippen molar-refractivity contribution in [3.8, 4) is 22.3 Å². The van der Waals surface area contributed by atoms with E-state index in [2.05, 4.69) is 86.6 Å². The summed E-state index contributed by atoms with van der Waals surface area (Å²) < 4.78 is 0. The molecule has 0 N–H and O–H groups in total. The first-order valence-corrected chi connectivity index (χ1v) is 12.0. The van der Waals surface area contributed by atoms with Crippen molar-refractivity contribution in [2.24, 2.45) is 0 Å². The monoisotopic (exact) mass is 397 g/mol. The zero-order chi connectivity index (χ0) is 21.0. The van der Waals surface area contributed by atoms with Crippen LogP contribution in [-0.4, -0.2) is 0 Å². The minimum Gasteiger partial charge on any atom is -0.0654 e. The van der Waals surface area contributed by atoms with Crippen molar-refractivity contribution in [2.75, 3.05) is 0 Å². The molecule has 0 aliphatic rings. The topological polar surface area (TPSA) is 0 Å². The van der Waals surface area contributed by atoms with Gasteiger partial charge >= 0.3 is 0 Å². The van der Waals surface area contributed by atoms with Crippen molar-refractivity contribution in [2.45, 2.75) is 78.1 Å². The number of unbranched alkanes of at least 4 members (excludes halogenated alkanes) is 6. The maximum absolute atomic E-state index is 3.60. The molecule has 0 aliphatic heterocycles. The molecule has 0 unspecified atom stereocenters. The van der Waals surface area contributed by atoms with Crippen molar-refractivity contribution >= 4 is 0 Å². The van der Waals surface area contributed by atoms with Gasteiger partial charge < -0.3 is 0 Å². The Balaban J connectivity index is 1.92. The van der Waals surface area contributed by atoms with Crippen LogP contribution in [0.3, 0.4) is 0 Å². The third kappa shape index (κ3) is 6.08. The molecule has 0 nitrogen and oxygen atoms in total. The Morgan fingerprint density at radius 3 is 1.70 bits per heavy atom. The second-order valence-electron chi connectivity index (χ2n) is 8.39. The van der Waals surface area contributed by atoms with Crippen LogP contribution in [0.5, 0.6) is 0 Å². The van der Waals surface area contributed by atoms with Crippen molar-refractivity contribution in [3.05, 3.63) is 83.9 Å². The van der Waals surface area contributed by atoms with E-state index < -0.39 is 0 Å². The fourth-order valence-corrected chi connectivity index (χ4v) is 4.35. The van der Waals surface area contributed by atoms with Crippen molar-refractivity contribution in [3.63, 3.8) is 0 Å². The van der Waals surface area contributed by atoms with Crippen molar-refractivity contribution in [1.82, 2.24) is 0 Å². The van der Waals surface area contributed by atoms with E-state index in [9.17, 15) is 0 Å². The van der Waals surface area contributed by atoms with Crippen LogP contribution in [0, 0.1) is 6.07 Å². The van der Waals surface area contributed by atoms with E-state index in [1.165, 1.54) is 84.7 Å². The molecule has 157 valence electrons. The Kier molecular flexibility index (Phi) is 9.22. The molecule has 0 atom stereocenters. The Hall–Kier alpha value is -2.34. The van der Waals surface area contributed by atoms with Gasteiger partial charge in [-0.25, -0.2) is 0 Å². The lowest BCUT2D eigenvalue weighted by atomic mass is 9.87. The highest BCUT2D eigenvalue weighted by molar-refractivity contribution is 5.85. The fraction of sp³-hybridized carbons (Fsp3) is 0.400. The molecule has 0 bridgehead atoms. The summed E-state index contributed by atoms with van der Waals surface area (Å²) >= 11 is 0. The van der Waals surface area contributed by atoms with Gasteiger partial charge in [0.25, 0.3) is 0 Å². The number of benzene rings is 3. The minimum atomic E-state index is 1.15. The van der Waals surface area contributed by atoms with Crippen molar-refractivity contribution in [1.29, 1.82) is 0 Å². The molecule has 0 aliphatic carbocycles. The van der Waals surface area contributed by atoms with Crippen LogP contribution in [-0.2, 0) is 12.8 Å². The maximum Gasteiger partial charge on any atom is -0.00237 e. The first-order chi connectivity index (χ1) is 14.8. The van der Waals surface area contributed by atoms with E-state index in [1.807, 2.05) is 0 Å². The Morgan fingerprint density at radius 2 is 1.07 bits per heavy atom. The molecule has 0 amide bonds. The number of hydrogen-bond donors (Lipinski definition) is 0. The summed E-state index contributed by atoms with van der Waals surface area (Å²) in [7, 11) is 0. The van der Waals surface area contributed by atoms with E-state index in [1.54, 1.807) is 0 Å². The van der Waals surface area contributed by atoms with E-state index in [4.69, 9.17) is 0 Å². The molecule has 0 heterocycles. The lowest BCUT2D eigenvalue weighted by molar-refractivity contribution is 0.667. The Morgan fingerprint density at radius 1 is 0.533 bits per heavy atom. The van der Waals surface area contributed by atoms with E-state index in [-0.39, 0.29) is 0 Å². The summed E-state index contributed by atoms with van der Waals surface area (Å²) in [6.07, 6.45) is 12.7. The van der Waals surface area contributed by atoms with Crippen LogP contribution in [0.25, 0.3) is 22.3 Å². The number of hydrogen-bond acceptors (Lipinski definition) is 0. The lowest BCUT2D eigenvalue weighted by Crippen LogP contribution is -1.96. The molecule has 3 aromatic carbocycles. The van der Waals surface area contributed by atoms with Gasteiger partial charge in [-0.05, 0) is 65.1 Å².